The fraction of sp³-hybridized carbons (Fsp3) is 0. The van der Waals surface area contributed by atoms with Gasteiger partial charge in [0.2, 0.25) is 0 Å². The number of hydrogen-bond donors (Lipinski definition) is 1. The van der Waals surface area contributed by atoms with Gasteiger partial charge in [0.25, 0.3) is 0 Å². The van der Waals surface area contributed by atoms with Gasteiger partial charge in [-0.2, -0.15) is 8.42 Å². The second-order valence-corrected chi connectivity index (χ2v) is 1.24. The quantitative estimate of drug-likeness (QED) is 0.448. The van der Waals surface area contributed by atoms with Crippen LogP contribution in [0.25, 0.3) is 0 Å². The van der Waals surface area contributed by atoms with E-state index in [1.807, 2.05) is 0 Å². The van der Waals surface area contributed by atoms with Crippen molar-refractivity contribution in [3.8, 4) is 0 Å². The minimum absolute atomic E-state index is 0. The second kappa shape index (κ2) is 3.84. The van der Waals surface area contributed by atoms with Crippen molar-refractivity contribution in [1.29, 1.82) is 0 Å². The third-order valence-corrected chi connectivity index (χ3v) is 0. The molecular formula is HCsFO3S. The van der Waals surface area contributed by atoms with E-state index in [4.69, 9.17) is 13.0 Å². The molecule has 1 radical (unpaired) electrons. The molecule has 0 heterocycles. The van der Waals surface area contributed by atoms with E-state index in [0.717, 1.165) is 0 Å². The molecule has 0 saturated heterocycles. The largest absolute Gasteiger partial charge is 0.435 e. The van der Waals surface area contributed by atoms with Crippen molar-refractivity contribution in [2.75, 3.05) is 0 Å². The van der Waals surface area contributed by atoms with Gasteiger partial charge in [-0.15, -0.1) is 0 Å². The van der Waals surface area contributed by atoms with Gasteiger partial charge in [-0.3, -0.25) is 4.55 Å². The van der Waals surface area contributed by atoms with Gasteiger partial charge in [-0.1, -0.05) is 3.89 Å². The van der Waals surface area contributed by atoms with Crippen molar-refractivity contribution in [3.63, 3.8) is 0 Å². The minimum Gasteiger partial charge on any atom is -0.260 e. The molecule has 0 rings (SSSR count). The van der Waals surface area contributed by atoms with Crippen LogP contribution in [0.15, 0.2) is 0 Å². The van der Waals surface area contributed by atoms with Crippen LogP contribution in [0.4, 0.5) is 3.89 Å². The Morgan fingerprint density at radius 2 is 1.50 bits per heavy atom. The zero-order valence-electron chi connectivity index (χ0n) is 3.05. The van der Waals surface area contributed by atoms with E-state index in [0.29, 0.717) is 0 Å². The molecule has 1 N–H and O–H groups in total. The van der Waals surface area contributed by atoms with Gasteiger partial charge >= 0.3 is 10.5 Å². The number of hydrogen-bond acceptors (Lipinski definition) is 2. The monoisotopic (exact) mass is 233 g/mol. The van der Waals surface area contributed by atoms with Crippen LogP contribution in [0.3, 0.4) is 0 Å². The van der Waals surface area contributed by atoms with Crippen molar-refractivity contribution >= 4 is 79.4 Å². The second-order valence-electron chi connectivity index (χ2n) is 0.412. The summed E-state index contributed by atoms with van der Waals surface area (Å²) >= 11 is 0. The fourth-order valence-electron chi connectivity index (χ4n) is 0. The average Bonchev–Trinajstić information content (AvgIpc) is 0.722. The van der Waals surface area contributed by atoms with Gasteiger partial charge in [0, 0.05) is 68.9 Å². The van der Waals surface area contributed by atoms with Crippen molar-refractivity contribution < 1.29 is 16.9 Å². The third-order valence-electron chi connectivity index (χ3n) is 0. The summed E-state index contributed by atoms with van der Waals surface area (Å²) in [7, 11) is -5.17. The first-order chi connectivity index (χ1) is 2.00. The summed E-state index contributed by atoms with van der Waals surface area (Å²) in [6.07, 6.45) is 0. The van der Waals surface area contributed by atoms with Gasteiger partial charge in [-0.05, 0) is 0 Å². The van der Waals surface area contributed by atoms with Gasteiger partial charge in [0.1, 0.15) is 0 Å². The fourth-order valence-corrected chi connectivity index (χ4v) is 0. The van der Waals surface area contributed by atoms with Gasteiger partial charge < -0.3 is 0 Å². The maximum atomic E-state index is 10.2. The van der Waals surface area contributed by atoms with Gasteiger partial charge in [0.05, 0.1) is 0 Å². The van der Waals surface area contributed by atoms with E-state index in [1.54, 1.807) is 0 Å². The van der Waals surface area contributed by atoms with Crippen LogP contribution in [-0.2, 0) is 10.5 Å². The Morgan fingerprint density at radius 3 is 1.50 bits per heavy atom. The molecule has 0 aliphatic rings. The molecule has 0 atom stereocenters. The third kappa shape index (κ3) is 39.4. The van der Waals surface area contributed by atoms with Crippen LogP contribution < -0.4 is 0 Å². The molecule has 0 spiro atoms. The van der Waals surface area contributed by atoms with Crippen molar-refractivity contribution in [2.45, 2.75) is 0 Å². The Hall–Kier alpha value is 1.89. The van der Waals surface area contributed by atoms with E-state index in [-0.39, 0.29) is 68.9 Å². The van der Waals surface area contributed by atoms with Gasteiger partial charge in [-0.25, -0.2) is 0 Å². The molecular weight excluding hydrogens is 232 g/mol. The predicted molar refractivity (Wildman–Crippen MR) is 18.4 cm³/mol. The van der Waals surface area contributed by atoms with Crippen LogP contribution in [-0.4, -0.2) is 81.9 Å². The summed E-state index contributed by atoms with van der Waals surface area (Å²) in [6, 6.07) is 0. The smallest absolute Gasteiger partial charge is 0.260 e. The first kappa shape index (κ1) is 10.8. The zero-order valence-corrected chi connectivity index (χ0v) is 10.1. The molecule has 0 saturated carbocycles. The summed E-state index contributed by atoms with van der Waals surface area (Å²) in [5, 5.41) is 0. The van der Waals surface area contributed by atoms with Crippen molar-refractivity contribution in [1.82, 2.24) is 0 Å². The molecule has 6 heavy (non-hydrogen) atoms. The van der Waals surface area contributed by atoms with Gasteiger partial charge in [0.15, 0.2) is 0 Å². The van der Waals surface area contributed by atoms with E-state index in [1.165, 1.54) is 0 Å². The molecule has 0 aromatic heterocycles. The standard InChI is InChI=1S/Cs.FHO3S/c;1-5(2,3)4/h;(H,2,3,4). The topological polar surface area (TPSA) is 54.4 Å². The Kier molecular flexibility index (Phi) is 6.91. The summed E-state index contributed by atoms with van der Waals surface area (Å²) in [4.78, 5) is 0. The Balaban J connectivity index is 0. The van der Waals surface area contributed by atoms with Crippen LogP contribution >= 0.6 is 0 Å². The molecule has 33 valence electrons. The zero-order chi connectivity index (χ0) is 4.50. The predicted octanol–water partition coefficient (Wildman–Crippen LogP) is -0.622. The van der Waals surface area contributed by atoms with E-state index < -0.39 is 10.5 Å². The van der Waals surface area contributed by atoms with Crippen molar-refractivity contribution in [2.24, 2.45) is 0 Å². The molecule has 0 bridgehead atoms. The minimum atomic E-state index is -5.17. The summed E-state index contributed by atoms with van der Waals surface area (Å²) in [6.45, 7) is 0. The summed E-state index contributed by atoms with van der Waals surface area (Å²) in [5.41, 5.74) is 0. The number of halogens is 1. The van der Waals surface area contributed by atoms with Crippen LogP contribution in [0.2, 0.25) is 0 Å². The normalized spacial score (nSPS) is 9.67. The Morgan fingerprint density at radius 1 is 1.50 bits per heavy atom. The van der Waals surface area contributed by atoms with Crippen LogP contribution in [0.5, 0.6) is 0 Å². The average molecular weight is 233 g/mol. The maximum absolute atomic E-state index is 10.2. The first-order valence-corrected chi connectivity index (χ1v) is 2.01. The number of rotatable bonds is 0. The molecule has 0 unspecified atom stereocenters. The van der Waals surface area contributed by atoms with E-state index in [9.17, 15) is 3.89 Å². The molecule has 6 heteroatoms. The van der Waals surface area contributed by atoms with E-state index in [2.05, 4.69) is 0 Å². The molecule has 0 aromatic rings. The molecule has 0 aromatic carbocycles. The Bertz CT molecular complexity index is 94.0. The molecule has 0 aliphatic carbocycles. The SMILES string of the molecule is O=S(=O)(O)F.[Cs]. The Labute approximate surface area is 93.8 Å². The molecule has 0 fully saturated rings. The van der Waals surface area contributed by atoms with E-state index >= 15 is 0 Å². The first-order valence-electron chi connectivity index (χ1n) is 0.670. The maximum Gasteiger partial charge on any atom is 0.435 e. The van der Waals surface area contributed by atoms with Crippen molar-refractivity contribution in [3.05, 3.63) is 0 Å². The van der Waals surface area contributed by atoms with Crippen LogP contribution in [0, 0.1) is 0 Å². The summed E-state index contributed by atoms with van der Waals surface area (Å²) < 4.78 is 34.1. The molecule has 0 amide bonds. The molecule has 3 nitrogen and oxygen atoms in total. The van der Waals surface area contributed by atoms with Crippen LogP contribution in [0.1, 0.15) is 0 Å². The molecule has 0 aliphatic heterocycles. The summed E-state index contributed by atoms with van der Waals surface area (Å²) in [5.74, 6) is 0.